The van der Waals surface area contributed by atoms with E-state index in [9.17, 15) is 14.7 Å². The summed E-state index contributed by atoms with van der Waals surface area (Å²) in [4.78, 5) is 29.4. The highest BCUT2D eigenvalue weighted by atomic mass is 16.5. The predicted octanol–water partition coefficient (Wildman–Crippen LogP) is 2.99. The molecule has 6 heteroatoms. The number of aliphatic hydroxyl groups is 1. The Hall–Kier alpha value is -3.12. The van der Waals surface area contributed by atoms with Crippen LogP contribution in [0.15, 0.2) is 54.2 Å². The van der Waals surface area contributed by atoms with Gasteiger partial charge in [-0.15, -0.1) is 0 Å². The molecule has 6 nitrogen and oxygen atoms in total. The highest BCUT2D eigenvalue weighted by Gasteiger charge is 2.41. The van der Waals surface area contributed by atoms with E-state index >= 15 is 0 Å². The molecule has 1 aliphatic heterocycles. The lowest BCUT2D eigenvalue weighted by molar-refractivity contribution is -0.120. The van der Waals surface area contributed by atoms with E-state index in [-0.39, 0.29) is 30.9 Å². The lowest BCUT2D eigenvalue weighted by atomic mass is 10.0. The molecule has 0 saturated carbocycles. The van der Waals surface area contributed by atoms with Gasteiger partial charge in [0.2, 0.25) is 0 Å². The molecule has 152 valence electrons. The molecular formula is C23H26N2O4. The summed E-state index contributed by atoms with van der Waals surface area (Å²) >= 11 is 0. The van der Waals surface area contributed by atoms with E-state index in [4.69, 9.17) is 4.74 Å². The quantitative estimate of drug-likeness (QED) is 0.731. The molecule has 2 amide bonds. The molecule has 0 unspecified atom stereocenters. The second kappa shape index (κ2) is 8.49. The molecule has 0 radical (unpaired) electrons. The lowest BCUT2D eigenvalue weighted by Crippen LogP contribution is -2.34. The van der Waals surface area contributed by atoms with Gasteiger partial charge in [0.05, 0.1) is 24.0 Å². The zero-order chi connectivity index (χ0) is 21.1. The molecule has 1 heterocycles. The van der Waals surface area contributed by atoms with Crippen LogP contribution >= 0.6 is 0 Å². The number of hydrogen-bond donors (Lipinski definition) is 1. The fourth-order valence-corrected chi connectivity index (χ4v) is 3.29. The largest absolute Gasteiger partial charge is 0.491 e. The fourth-order valence-electron chi connectivity index (χ4n) is 3.29. The first-order chi connectivity index (χ1) is 13.8. The van der Waals surface area contributed by atoms with Crippen LogP contribution in [-0.2, 0) is 9.59 Å². The number of anilines is 1. The summed E-state index contributed by atoms with van der Waals surface area (Å²) < 4.78 is 5.64. The van der Waals surface area contributed by atoms with Crippen molar-refractivity contribution in [2.24, 2.45) is 0 Å². The van der Waals surface area contributed by atoms with Crippen molar-refractivity contribution >= 4 is 23.1 Å². The van der Waals surface area contributed by atoms with Crippen LogP contribution in [0.1, 0.15) is 25.0 Å². The second-order valence-electron chi connectivity index (χ2n) is 7.34. The van der Waals surface area contributed by atoms with Crippen LogP contribution in [0.25, 0.3) is 5.57 Å². The molecule has 3 rings (SSSR count). The number of hydrogen-bond acceptors (Lipinski definition) is 5. The zero-order valence-corrected chi connectivity index (χ0v) is 17.2. The molecule has 0 bridgehead atoms. The molecule has 0 aliphatic carbocycles. The van der Waals surface area contributed by atoms with E-state index in [1.165, 1.54) is 4.90 Å². The SMILES string of the molecule is Cc1ccc(C2=C(N(C)CCO)C(=O)N(c3ccc(OC(C)C)cc3)C2=O)cc1. The number of rotatable bonds is 7. The van der Waals surface area contributed by atoms with Crippen LogP contribution in [-0.4, -0.2) is 48.1 Å². The van der Waals surface area contributed by atoms with Crippen LogP contribution in [0.3, 0.4) is 0 Å². The van der Waals surface area contributed by atoms with Crippen molar-refractivity contribution < 1.29 is 19.4 Å². The predicted molar refractivity (Wildman–Crippen MR) is 113 cm³/mol. The number of likely N-dealkylation sites (N-methyl/N-ethyl adjacent to an activating group) is 1. The summed E-state index contributed by atoms with van der Waals surface area (Å²) in [5, 5.41) is 9.34. The molecule has 0 spiro atoms. The third kappa shape index (κ3) is 4.17. The van der Waals surface area contributed by atoms with Gasteiger partial charge in [-0.05, 0) is 50.6 Å². The number of benzene rings is 2. The summed E-state index contributed by atoms with van der Waals surface area (Å²) in [7, 11) is 1.70. The number of ether oxygens (including phenoxy) is 1. The average molecular weight is 394 g/mol. The van der Waals surface area contributed by atoms with Crippen molar-refractivity contribution in [3.63, 3.8) is 0 Å². The van der Waals surface area contributed by atoms with Gasteiger partial charge in [0.25, 0.3) is 11.8 Å². The van der Waals surface area contributed by atoms with E-state index in [1.54, 1.807) is 36.2 Å². The highest BCUT2D eigenvalue weighted by molar-refractivity contribution is 6.45. The Morgan fingerprint density at radius 3 is 2.17 bits per heavy atom. The summed E-state index contributed by atoms with van der Waals surface area (Å²) in [5.41, 5.74) is 2.85. The molecule has 2 aromatic carbocycles. The average Bonchev–Trinajstić information content (AvgIpc) is 2.93. The Kier molecular flexibility index (Phi) is 6.03. The minimum absolute atomic E-state index is 0.0319. The first kappa shape index (κ1) is 20.6. The number of aliphatic hydroxyl groups excluding tert-OH is 1. The topological polar surface area (TPSA) is 70.1 Å². The molecule has 0 aromatic heterocycles. The van der Waals surface area contributed by atoms with E-state index in [0.29, 0.717) is 22.6 Å². The summed E-state index contributed by atoms with van der Waals surface area (Å²) in [6, 6.07) is 14.4. The van der Waals surface area contributed by atoms with Gasteiger partial charge in [0.1, 0.15) is 11.4 Å². The molecular weight excluding hydrogens is 368 g/mol. The van der Waals surface area contributed by atoms with Crippen LogP contribution in [0.4, 0.5) is 5.69 Å². The summed E-state index contributed by atoms with van der Waals surface area (Å²) in [6.07, 6.45) is 0.0319. The normalized spacial score (nSPS) is 14.2. The van der Waals surface area contributed by atoms with Crippen LogP contribution in [0.5, 0.6) is 5.75 Å². The highest BCUT2D eigenvalue weighted by Crippen LogP contribution is 2.35. The Balaban J connectivity index is 2.02. The first-order valence-corrected chi connectivity index (χ1v) is 9.62. The van der Waals surface area contributed by atoms with Crippen molar-refractivity contribution in [1.29, 1.82) is 0 Å². The Morgan fingerprint density at radius 1 is 1.00 bits per heavy atom. The standard InChI is InChI=1S/C23H26N2O4/c1-15(2)29-19-11-9-18(10-12-19)25-22(27)20(17-7-5-16(3)6-8-17)21(23(25)28)24(4)13-14-26/h5-12,15,26H,13-14H2,1-4H3. The number of carbonyl (C=O) groups excluding carboxylic acids is 2. The zero-order valence-electron chi connectivity index (χ0n) is 17.2. The molecule has 29 heavy (non-hydrogen) atoms. The van der Waals surface area contributed by atoms with E-state index < -0.39 is 5.91 Å². The molecule has 0 saturated heterocycles. The minimum atomic E-state index is -0.404. The Bertz CT molecular complexity index is 930. The van der Waals surface area contributed by atoms with Gasteiger partial charge in [-0.3, -0.25) is 9.59 Å². The van der Waals surface area contributed by atoms with Gasteiger partial charge in [-0.2, -0.15) is 0 Å². The number of amides is 2. The number of imide groups is 1. The van der Waals surface area contributed by atoms with Gasteiger partial charge in [0, 0.05) is 13.6 Å². The second-order valence-corrected chi connectivity index (χ2v) is 7.34. The van der Waals surface area contributed by atoms with E-state index in [2.05, 4.69) is 0 Å². The smallest absolute Gasteiger partial charge is 0.282 e. The first-order valence-electron chi connectivity index (χ1n) is 9.62. The van der Waals surface area contributed by atoms with Gasteiger partial charge >= 0.3 is 0 Å². The summed E-state index contributed by atoms with van der Waals surface area (Å²) in [6.45, 7) is 5.96. The molecule has 0 atom stereocenters. The van der Waals surface area contributed by atoms with E-state index in [0.717, 1.165) is 5.56 Å². The molecule has 0 fully saturated rings. The number of nitrogens with zero attached hydrogens (tertiary/aromatic N) is 2. The maximum absolute atomic E-state index is 13.3. The fraction of sp³-hybridized carbons (Fsp3) is 0.304. The molecule has 1 aliphatic rings. The maximum Gasteiger partial charge on any atom is 0.282 e. The number of carbonyl (C=O) groups is 2. The Morgan fingerprint density at radius 2 is 1.62 bits per heavy atom. The van der Waals surface area contributed by atoms with Gasteiger partial charge in [0.15, 0.2) is 0 Å². The third-order valence-corrected chi connectivity index (χ3v) is 4.68. The molecule has 2 aromatic rings. The van der Waals surface area contributed by atoms with Crippen molar-refractivity contribution in [1.82, 2.24) is 4.90 Å². The lowest BCUT2D eigenvalue weighted by Gasteiger charge is -2.20. The van der Waals surface area contributed by atoms with Crippen LogP contribution < -0.4 is 9.64 Å². The third-order valence-electron chi connectivity index (χ3n) is 4.68. The van der Waals surface area contributed by atoms with Gasteiger partial charge in [-0.1, -0.05) is 29.8 Å². The molecule has 1 N–H and O–H groups in total. The summed E-state index contributed by atoms with van der Waals surface area (Å²) in [5.74, 6) is -0.109. The Labute approximate surface area is 171 Å². The van der Waals surface area contributed by atoms with Crippen molar-refractivity contribution in [3.05, 3.63) is 65.4 Å². The van der Waals surface area contributed by atoms with Gasteiger partial charge in [-0.25, -0.2) is 4.90 Å². The van der Waals surface area contributed by atoms with Gasteiger partial charge < -0.3 is 14.7 Å². The minimum Gasteiger partial charge on any atom is -0.491 e. The monoisotopic (exact) mass is 394 g/mol. The number of aryl methyl sites for hydroxylation is 1. The maximum atomic E-state index is 13.3. The van der Waals surface area contributed by atoms with Crippen molar-refractivity contribution in [2.45, 2.75) is 26.9 Å². The van der Waals surface area contributed by atoms with E-state index in [1.807, 2.05) is 45.0 Å². The van der Waals surface area contributed by atoms with Crippen LogP contribution in [0, 0.1) is 6.92 Å². The van der Waals surface area contributed by atoms with Crippen LogP contribution in [0.2, 0.25) is 0 Å². The van der Waals surface area contributed by atoms with Crippen molar-refractivity contribution in [3.8, 4) is 5.75 Å². The van der Waals surface area contributed by atoms with Crippen molar-refractivity contribution in [2.75, 3.05) is 25.1 Å².